The van der Waals surface area contributed by atoms with E-state index in [2.05, 4.69) is 10.6 Å². The number of anilines is 2. The number of nitrogens with one attached hydrogen (secondary N) is 2. The van der Waals surface area contributed by atoms with Crippen molar-refractivity contribution in [2.75, 3.05) is 23.7 Å². The van der Waals surface area contributed by atoms with Crippen LogP contribution in [-0.2, 0) is 0 Å². The molecule has 0 spiro atoms. The summed E-state index contributed by atoms with van der Waals surface area (Å²) in [4.78, 5) is 36.5. The maximum Gasteiger partial charge on any atom is 0.321 e. The molecule has 1 aliphatic rings. The molecule has 134 valence electrons. The van der Waals surface area contributed by atoms with Gasteiger partial charge in [-0.2, -0.15) is 0 Å². The molecule has 0 unspecified atom stereocenters. The number of nitro groups is 1. The summed E-state index contributed by atoms with van der Waals surface area (Å²) in [5, 5.41) is 16.3. The minimum Gasteiger partial charge on any atom is -0.325 e. The Morgan fingerprint density at radius 1 is 0.962 bits per heavy atom. The topological polar surface area (TPSA) is 105 Å². The molecule has 26 heavy (non-hydrogen) atoms. The van der Waals surface area contributed by atoms with Gasteiger partial charge in [0.1, 0.15) is 0 Å². The third kappa shape index (κ3) is 4.15. The number of nitrogens with zero attached hydrogens (tertiary/aromatic N) is 2. The number of hydrogen-bond donors (Lipinski definition) is 2. The molecule has 1 heterocycles. The summed E-state index contributed by atoms with van der Waals surface area (Å²) in [6, 6.07) is 12.1. The van der Waals surface area contributed by atoms with E-state index in [4.69, 9.17) is 0 Å². The molecule has 1 fully saturated rings. The maximum absolute atomic E-state index is 12.3. The van der Waals surface area contributed by atoms with Crippen molar-refractivity contribution in [2.24, 2.45) is 0 Å². The minimum atomic E-state index is -0.550. The third-order valence-electron chi connectivity index (χ3n) is 4.08. The molecule has 1 saturated heterocycles. The monoisotopic (exact) mass is 354 g/mol. The normalized spacial score (nSPS) is 13.3. The molecule has 0 saturated carbocycles. The molecular formula is C18H18N4O4. The summed E-state index contributed by atoms with van der Waals surface area (Å²) in [5.41, 5.74) is 1.09. The van der Waals surface area contributed by atoms with Gasteiger partial charge in [-0.15, -0.1) is 0 Å². The Morgan fingerprint density at radius 2 is 1.62 bits per heavy atom. The van der Waals surface area contributed by atoms with Crippen LogP contribution in [0.2, 0.25) is 0 Å². The minimum absolute atomic E-state index is 0.149. The third-order valence-corrected chi connectivity index (χ3v) is 4.08. The van der Waals surface area contributed by atoms with E-state index in [9.17, 15) is 19.7 Å². The van der Waals surface area contributed by atoms with Crippen LogP contribution in [0, 0.1) is 10.1 Å². The van der Waals surface area contributed by atoms with Gasteiger partial charge in [0.05, 0.1) is 4.92 Å². The lowest BCUT2D eigenvalue weighted by atomic mass is 10.2. The first-order valence-electron chi connectivity index (χ1n) is 8.25. The second kappa shape index (κ2) is 7.64. The van der Waals surface area contributed by atoms with Crippen molar-refractivity contribution in [1.82, 2.24) is 4.90 Å². The zero-order valence-corrected chi connectivity index (χ0v) is 14.0. The van der Waals surface area contributed by atoms with Crippen molar-refractivity contribution in [2.45, 2.75) is 12.8 Å². The molecule has 2 aromatic rings. The molecule has 3 rings (SSSR count). The summed E-state index contributed by atoms with van der Waals surface area (Å²) in [7, 11) is 0. The maximum atomic E-state index is 12.3. The average Bonchev–Trinajstić information content (AvgIpc) is 3.17. The molecule has 8 heteroatoms. The van der Waals surface area contributed by atoms with Crippen LogP contribution < -0.4 is 10.6 Å². The quantitative estimate of drug-likeness (QED) is 0.648. The predicted molar refractivity (Wildman–Crippen MR) is 97.3 cm³/mol. The number of nitro benzene ring substituents is 1. The van der Waals surface area contributed by atoms with Crippen LogP contribution in [0.4, 0.5) is 21.9 Å². The summed E-state index contributed by atoms with van der Waals surface area (Å²) in [6.07, 6.45) is 2.01. The number of likely N-dealkylation sites (tertiary alicyclic amines) is 1. The van der Waals surface area contributed by atoms with Crippen molar-refractivity contribution >= 4 is 29.0 Å². The number of non-ortho nitro benzene ring substituents is 1. The highest BCUT2D eigenvalue weighted by Crippen LogP contribution is 2.19. The smallest absolute Gasteiger partial charge is 0.321 e. The highest BCUT2D eigenvalue weighted by Gasteiger charge is 2.18. The first kappa shape index (κ1) is 17.4. The molecule has 0 bridgehead atoms. The highest BCUT2D eigenvalue weighted by atomic mass is 16.6. The number of amides is 3. The largest absolute Gasteiger partial charge is 0.325 e. The predicted octanol–water partition coefficient (Wildman–Crippen LogP) is 3.47. The standard InChI is InChI=1S/C18H18N4O4/c23-17(13-5-3-8-16(11-13)22(25)26)19-14-6-4-7-15(12-14)20-18(24)21-9-1-2-10-21/h3-8,11-12H,1-2,9-10H2,(H,19,23)(H,20,24). The van der Waals surface area contributed by atoms with Gasteiger partial charge in [-0.25, -0.2) is 4.79 Å². The van der Waals surface area contributed by atoms with Crippen LogP contribution in [0.3, 0.4) is 0 Å². The zero-order chi connectivity index (χ0) is 18.5. The first-order chi connectivity index (χ1) is 12.5. The molecule has 2 N–H and O–H groups in total. The van der Waals surface area contributed by atoms with E-state index in [0.717, 1.165) is 25.9 Å². The fraction of sp³-hybridized carbons (Fsp3) is 0.222. The second-order valence-electron chi connectivity index (χ2n) is 5.97. The highest BCUT2D eigenvalue weighted by molar-refractivity contribution is 6.05. The molecule has 0 aliphatic carbocycles. The summed E-state index contributed by atoms with van der Waals surface area (Å²) >= 11 is 0. The van der Waals surface area contributed by atoms with Crippen LogP contribution in [0.1, 0.15) is 23.2 Å². The molecule has 3 amide bonds. The summed E-state index contributed by atoms with van der Waals surface area (Å²) in [5.74, 6) is -0.461. The first-order valence-corrected chi connectivity index (χ1v) is 8.25. The lowest BCUT2D eigenvalue weighted by Gasteiger charge is -2.16. The van der Waals surface area contributed by atoms with Crippen LogP contribution >= 0.6 is 0 Å². The van der Waals surface area contributed by atoms with Gasteiger partial charge in [0.15, 0.2) is 0 Å². The molecule has 0 aromatic heterocycles. The molecule has 0 atom stereocenters. The van der Waals surface area contributed by atoms with Crippen molar-refractivity contribution in [3.8, 4) is 0 Å². The van der Waals surface area contributed by atoms with Crippen LogP contribution in [0.25, 0.3) is 0 Å². The van der Waals surface area contributed by atoms with Crippen LogP contribution in [0.5, 0.6) is 0 Å². The van der Waals surface area contributed by atoms with E-state index in [1.807, 2.05) is 0 Å². The number of carbonyl (C=O) groups excluding carboxylic acids is 2. The fourth-order valence-electron chi connectivity index (χ4n) is 2.76. The lowest BCUT2D eigenvalue weighted by Crippen LogP contribution is -2.32. The van der Waals surface area contributed by atoms with Crippen LogP contribution in [0.15, 0.2) is 48.5 Å². The SMILES string of the molecule is O=C(Nc1cccc(NC(=O)N2CCCC2)c1)c1cccc([N+](=O)[O-])c1. The van der Waals surface area contributed by atoms with Gasteiger partial charge >= 0.3 is 6.03 Å². The Hall–Kier alpha value is -3.42. The zero-order valence-electron chi connectivity index (χ0n) is 14.0. The van der Waals surface area contributed by atoms with E-state index in [1.54, 1.807) is 29.2 Å². The van der Waals surface area contributed by atoms with Crippen molar-refractivity contribution in [1.29, 1.82) is 0 Å². The second-order valence-corrected chi connectivity index (χ2v) is 5.97. The molecule has 8 nitrogen and oxygen atoms in total. The molecular weight excluding hydrogens is 336 g/mol. The summed E-state index contributed by atoms with van der Waals surface area (Å²) < 4.78 is 0. The van der Waals surface area contributed by atoms with Crippen molar-refractivity contribution < 1.29 is 14.5 Å². The summed E-state index contributed by atoms with van der Waals surface area (Å²) in [6.45, 7) is 1.49. The average molecular weight is 354 g/mol. The number of benzene rings is 2. The van der Waals surface area contributed by atoms with Gasteiger partial charge in [-0.1, -0.05) is 12.1 Å². The van der Waals surface area contributed by atoms with Gasteiger partial charge in [-0.3, -0.25) is 14.9 Å². The lowest BCUT2D eigenvalue weighted by molar-refractivity contribution is -0.384. The number of hydrogen-bond acceptors (Lipinski definition) is 4. The van der Waals surface area contributed by atoms with E-state index in [-0.39, 0.29) is 17.3 Å². The van der Waals surface area contributed by atoms with E-state index in [0.29, 0.717) is 11.4 Å². The van der Waals surface area contributed by atoms with Gasteiger partial charge in [0.25, 0.3) is 11.6 Å². The van der Waals surface area contributed by atoms with E-state index < -0.39 is 10.8 Å². The van der Waals surface area contributed by atoms with Gasteiger partial charge < -0.3 is 15.5 Å². The number of rotatable bonds is 4. The molecule has 0 radical (unpaired) electrons. The fourth-order valence-corrected chi connectivity index (χ4v) is 2.76. The molecule has 1 aliphatic heterocycles. The van der Waals surface area contributed by atoms with Gasteiger partial charge in [0, 0.05) is 42.2 Å². The van der Waals surface area contributed by atoms with E-state index in [1.165, 1.54) is 24.3 Å². The Balaban J connectivity index is 1.68. The molecule has 2 aromatic carbocycles. The Morgan fingerprint density at radius 3 is 2.31 bits per heavy atom. The van der Waals surface area contributed by atoms with Crippen molar-refractivity contribution in [3.63, 3.8) is 0 Å². The van der Waals surface area contributed by atoms with E-state index >= 15 is 0 Å². The van der Waals surface area contributed by atoms with Gasteiger partial charge in [-0.05, 0) is 37.1 Å². The van der Waals surface area contributed by atoms with Gasteiger partial charge in [0.2, 0.25) is 0 Å². The number of carbonyl (C=O) groups is 2. The Bertz CT molecular complexity index is 847. The Kier molecular flexibility index (Phi) is 5.12. The van der Waals surface area contributed by atoms with Crippen LogP contribution in [-0.4, -0.2) is 34.9 Å². The van der Waals surface area contributed by atoms with Crippen molar-refractivity contribution in [3.05, 3.63) is 64.2 Å². The Labute approximate surface area is 150 Å². The number of urea groups is 1.